The molecule has 4 aromatic rings. The summed E-state index contributed by atoms with van der Waals surface area (Å²) in [6.45, 7) is 1.75. The average molecular weight is 450 g/mol. The van der Waals surface area contributed by atoms with E-state index in [1.54, 1.807) is 13.1 Å². The van der Waals surface area contributed by atoms with Crippen LogP contribution in [-0.2, 0) is 16.9 Å². The minimum absolute atomic E-state index is 0.309. The topological polar surface area (TPSA) is 95.2 Å². The third-order valence-corrected chi connectivity index (χ3v) is 6.46. The summed E-state index contributed by atoms with van der Waals surface area (Å²) < 4.78 is 1.86. The molecule has 1 fully saturated rings. The highest BCUT2D eigenvalue weighted by Crippen LogP contribution is 2.31. The predicted octanol–water partition coefficient (Wildman–Crippen LogP) is 4.36. The largest absolute Gasteiger partial charge is 0.346 e. The highest BCUT2D eigenvalue weighted by atomic mass is 16.2. The molecule has 0 unspecified atom stereocenters. The van der Waals surface area contributed by atoms with Crippen LogP contribution < -0.4 is 5.32 Å². The molecular formula is C27H22N4O3. The smallest absolute Gasteiger partial charge is 0.325 e. The van der Waals surface area contributed by atoms with Crippen LogP contribution in [0.5, 0.6) is 0 Å². The number of para-hydroxylation sites is 1. The predicted molar refractivity (Wildman–Crippen MR) is 128 cm³/mol. The van der Waals surface area contributed by atoms with Gasteiger partial charge in [-0.2, -0.15) is 5.26 Å². The number of nitrogens with one attached hydrogen (secondary N) is 1. The number of amides is 3. The summed E-state index contributed by atoms with van der Waals surface area (Å²) in [6.07, 6.45) is 2.01. The molecule has 5 rings (SSSR count). The molecule has 0 aliphatic carbocycles. The quantitative estimate of drug-likeness (QED) is 0.349. The van der Waals surface area contributed by atoms with Gasteiger partial charge >= 0.3 is 6.03 Å². The number of carbonyl (C=O) groups is 3. The standard InChI is InChI=1S/C27H22N4O3/c1-27(20-12-11-18-7-2-3-8-19(18)15-20)25(33)31(26(34)29-27)17-24(32)22-16-30(14-6-13-28)23-10-5-4-9-21(22)23/h2-5,7-12,15-16H,6,14,17H2,1H3,(H,29,34)/t27-/m1/s1. The van der Waals surface area contributed by atoms with Gasteiger partial charge in [-0.05, 0) is 35.4 Å². The summed E-state index contributed by atoms with van der Waals surface area (Å²) in [7, 11) is 0. The molecule has 1 aliphatic heterocycles. The van der Waals surface area contributed by atoms with Crippen molar-refractivity contribution in [2.45, 2.75) is 25.4 Å². The highest BCUT2D eigenvalue weighted by Gasteiger charge is 2.49. The van der Waals surface area contributed by atoms with E-state index in [1.807, 2.05) is 71.3 Å². The van der Waals surface area contributed by atoms with Crippen LogP contribution in [0.4, 0.5) is 4.79 Å². The van der Waals surface area contributed by atoms with Gasteiger partial charge in [-0.1, -0.05) is 54.6 Å². The highest BCUT2D eigenvalue weighted by molar-refractivity contribution is 6.14. The molecule has 168 valence electrons. The van der Waals surface area contributed by atoms with Crippen LogP contribution in [0.25, 0.3) is 21.7 Å². The van der Waals surface area contributed by atoms with Crippen molar-refractivity contribution >= 4 is 39.4 Å². The van der Waals surface area contributed by atoms with Gasteiger partial charge in [0.05, 0.1) is 19.0 Å². The van der Waals surface area contributed by atoms with Crippen molar-refractivity contribution in [3.8, 4) is 6.07 Å². The number of Topliss-reactive ketones (excluding diaryl/α,β-unsaturated/α-hetero) is 1. The molecule has 1 aromatic heterocycles. The lowest BCUT2D eigenvalue weighted by Crippen LogP contribution is -2.41. The van der Waals surface area contributed by atoms with Crippen LogP contribution in [0.15, 0.2) is 72.9 Å². The number of rotatable bonds is 6. The minimum atomic E-state index is -1.26. The molecule has 3 amide bonds. The molecule has 0 bridgehead atoms. The van der Waals surface area contributed by atoms with Gasteiger partial charge in [-0.3, -0.25) is 14.5 Å². The lowest BCUT2D eigenvalue weighted by Gasteiger charge is -2.22. The number of hydrogen-bond donors (Lipinski definition) is 1. The Morgan fingerprint density at radius 2 is 1.76 bits per heavy atom. The molecule has 1 aliphatic rings. The number of aromatic nitrogens is 1. The molecule has 1 atom stereocenters. The molecular weight excluding hydrogens is 428 g/mol. The van der Waals surface area contributed by atoms with Gasteiger partial charge in [0.2, 0.25) is 0 Å². The number of hydrogen-bond acceptors (Lipinski definition) is 4. The van der Waals surface area contributed by atoms with Gasteiger partial charge in [0.25, 0.3) is 5.91 Å². The number of nitriles is 1. The van der Waals surface area contributed by atoms with Crippen molar-refractivity contribution in [1.82, 2.24) is 14.8 Å². The van der Waals surface area contributed by atoms with Crippen LogP contribution >= 0.6 is 0 Å². The lowest BCUT2D eigenvalue weighted by atomic mass is 9.90. The first kappa shape index (κ1) is 21.4. The average Bonchev–Trinajstić information content (AvgIpc) is 3.33. The number of nitrogens with zero attached hydrogens (tertiary/aromatic N) is 3. The second-order valence-corrected chi connectivity index (χ2v) is 8.59. The number of carbonyl (C=O) groups excluding carboxylic acids is 3. The first-order valence-corrected chi connectivity index (χ1v) is 11.0. The Hall–Kier alpha value is -4.44. The van der Waals surface area contributed by atoms with Gasteiger partial charge in [-0.25, -0.2) is 4.79 Å². The number of fused-ring (bicyclic) bond motifs is 2. The Bertz CT molecular complexity index is 1510. The van der Waals surface area contributed by atoms with E-state index in [0.29, 0.717) is 24.1 Å². The van der Waals surface area contributed by atoms with Crippen molar-refractivity contribution in [2.75, 3.05) is 6.54 Å². The third kappa shape index (κ3) is 3.41. The maximum absolute atomic E-state index is 13.4. The Kier molecular flexibility index (Phi) is 5.14. The van der Waals surface area contributed by atoms with Gasteiger partial charge in [0, 0.05) is 29.2 Å². The molecule has 3 aromatic carbocycles. The van der Waals surface area contributed by atoms with E-state index in [0.717, 1.165) is 26.6 Å². The maximum atomic E-state index is 13.4. The van der Waals surface area contributed by atoms with Gasteiger partial charge in [-0.15, -0.1) is 0 Å². The van der Waals surface area contributed by atoms with Gasteiger partial charge in [0.15, 0.2) is 5.78 Å². The Balaban J connectivity index is 1.44. The second-order valence-electron chi connectivity index (χ2n) is 8.59. The first-order chi connectivity index (χ1) is 16.4. The van der Waals surface area contributed by atoms with Crippen LogP contribution in [0.3, 0.4) is 0 Å². The van der Waals surface area contributed by atoms with Crippen molar-refractivity contribution in [1.29, 1.82) is 5.26 Å². The molecule has 7 nitrogen and oxygen atoms in total. The number of urea groups is 1. The fourth-order valence-electron chi connectivity index (χ4n) is 4.59. The molecule has 0 saturated carbocycles. The van der Waals surface area contributed by atoms with Crippen LogP contribution in [0.1, 0.15) is 29.3 Å². The zero-order chi connectivity index (χ0) is 23.9. The van der Waals surface area contributed by atoms with E-state index in [2.05, 4.69) is 11.4 Å². The molecule has 1 N–H and O–H groups in total. The number of ketones is 1. The summed E-state index contributed by atoms with van der Waals surface area (Å²) in [5, 5.41) is 14.5. The second kappa shape index (κ2) is 8.16. The van der Waals surface area contributed by atoms with Crippen LogP contribution in [0.2, 0.25) is 0 Å². The molecule has 0 radical (unpaired) electrons. The number of aryl methyl sites for hydroxylation is 1. The number of imide groups is 1. The van der Waals surface area contributed by atoms with E-state index >= 15 is 0 Å². The SMILES string of the molecule is C[C@]1(c2ccc3ccccc3c2)NC(=O)N(CC(=O)c2cn(CCC#N)c3ccccc23)C1=O. The van der Waals surface area contributed by atoms with E-state index < -0.39 is 17.5 Å². The normalized spacial score (nSPS) is 17.8. The van der Waals surface area contributed by atoms with E-state index in [1.165, 1.54) is 0 Å². The van der Waals surface area contributed by atoms with Gasteiger partial charge in [0.1, 0.15) is 5.54 Å². The maximum Gasteiger partial charge on any atom is 0.325 e. The zero-order valence-electron chi connectivity index (χ0n) is 18.6. The molecule has 7 heteroatoms. The van der Waals surface area contributed by atoms with E-state index in [9.17, 15) is 14.4 Å². The summed E-state index contributed by atoms with van der Waals surface area (Å²) in [5.74, 6) is -0.799. The van der Waals surface area contributed by atoms with Gasteiger partial charge < -0.3 is 9.88 Å². The zero-order valence-corrected chi connectivity index (χ0v) is 18.6. The molecule has 1 saturated heterocycles. The lowest BCUT2D eigenvalue weighted by molar-refractivity contribution is -0.130. The minimum Gasteiger partial charge on any atom is -0.346 e. The summed E-state index contributed by atoms with van der Waals surface area (Å²) >= 11 is 0. The third-order valence-electron chi connectivity index (χ3n) is 6.46. The fraction of sp³-hybridized carbons (Fsp3) is 0.185. The summed E-state index contributed by atoms with van der Waals surface area (Å²) in [4.78, 5) is 40.5. The Morgan fingerprint density at radius 3 is 2.56 bits per heavy atom. The monoisotopic (exact) mass is 450 g/mol. The van der Waals surface area contributed by atoms with Crippen molar-refractivity contribution in [3.63, 3.8) is 0 Å². The van der Waals surface area contributed by atoms with E-state index in [-0.39, 0.29) is 12.3 Å². The van der Waals surface area contributed by atoms with Crippen LogP contribution in [-0.4, -0.2) is 33.7 Å². The van der Waals surface area contributed by atoms with Crippen LogP contribution in [0, 0.1) is 11.3 Å². The number of benzene rings is 3. The van der Waals surface area contributed by atoms with Crippen molar-refractivity contribution < 1.29 is 14.4 Å². The first-order valence-electron chi connectivity index (χ1n) is 11.0. The Morgan fingerprint density at radius 1 is 1.03 bits per heavy atom. The summed E-state index contributed by atoms with van der Waals surface area (Å²) in [5.41, 5.74) is 0.655. The van der Waals surface area contributed by atoms with E-state index in [4.69, 9.17) is 5.26 Å². The molecule has 34 heavy (non-hydrogen) atoms. The van der Waals surface area contributed by atoms with Crippen molar-refractivity contribution in [2.24, 2.45) is 0 Å². The Labute approximate surface area is 196 Å². The summed E-state index contributed by atoms with van der Waals surface area (Å²) in [6, 6.07) is 22.4. The fourth-order valence-corrected chi connectivity index (χ4v) is 4.59. The van der Waals surface area contributed by atoms with Crippen molar-refractivity contribution in [3.05, 3.63) is 84.1 Å². The molecule has 0 spiro atoms. The molecule has 2 heterocycles.